The van der Waals surface area contributed by atoms with Crippen molar-refractivity contribution in [1.82, 2.24) is 5.32 Å². The number of Topliss-reactive ketones (excluding diaryl/α,β-unsaturated/α-hetero) is 1. The van der Waals surface area contributed by atoms with Crippen molar-refractivity contribution < 1.29 is 72.2 Å². The molecule has 17 heteroatoms. The van der Waals surface area contributed by atoms with E-state index in [-0.39, 0.29) is 47.6 Å². The number of rotatable bonds is 14. The molecular formula is C53H62N2O15. The summed E-state index contributed by atoms with van der Waals surface area (Å²) in [7, 11) is 0. The Bertz CT molecular complexity index is 2530. The molecule has 1 saturated heterocycles. The molecule has 3 aliphatic carbocycles. The number of ether oxygens (including phenoxy) is 6. The van der Waals surface area contributed by atoms with E-state index in [0.29, 0.717) is 5.56 Å². The normalized spacial score (nSPS) is 30.0. The van der Waals surface area contributed by atoms with Crippen molar-refractivity contribution in [3.63, 3.8) is 0 Å². The van der Waals surface area contributed by atoms with Crippen LogP contribution in [0.1, 0.15) is 107 Å². The number of hydrogen-bond donors (Lipinski definition) is 4. The molecule has 0 spiro atoms. The quantitative estimate of drug-likeness (QED) is 0.0974. The number of fused-ring (bicyclic) bond motifs is 5. The van der Waals surface area contributed by atoms with Crippen LogP contribution in [-0.4, -0.2) is 112 Å². The smallest absolute Gasteiger partial charge is 0.350 e. The third-order valence-corrected chi connectivity index (χ3v) is 14.7. The Labute approximate surface area is 406 Å². The molecule has 3 fully saturated rings. The molecule has 0 radical (unpaired) electrons. The molecule has 2 saturated carbocycles. The van der Waals surface area contributed by atoms with Gasteiger partial charge in [0.1, 0.15) is 36.0 Å². The van der Waals surface area contributed by atoms with Gasteiger partial charge in [-0.1, -0.05) is 94.4 Å². The van der Waals surface area contributed by atoms with E-state index >= 15 is 9.59 Å². The molecule has 17 nitrogen and oxygen atoms in total. The number of carbonyl (C=O) groups excluding carboxylic acids is 7. The second-order valence-electron chi connectivity index (χ2n) is 20.0. The maximum atomic E-state index is 15.7. The predicted molar refractivity (Wildman–Crippen MR) is 249 cm³/mol. The van der Waals surface area contributed by atoms with Crippen LogP contribution >= 0.6 is 0 Å². The zero-order chi connectivity index (χ0) is 51.1. The molecule has 1 heterocycles. The van der Waals surface area contributed by atoms with E-state index in [1.165, 1.54) is 26.0 Å². The number of aliphatic hydroxyl groups excluding tert-OH is 1. The van der Waals surface area contributed by atoms with E-state index < -0.39 is 125 Å². The molecule has 0 aromatic heterocycles. The van der Waals surface area contributed by atoms with Crippen molar-refractivity contribution in [1.29, 1.82) is 0 Å². The first-order valence-electron chi connectivity index (χ1n) is 23.5. The molecule has 2 bridgehead atoms. The number of carbonyl (C=O) groups is 7. The SMILES string of the molecule is CC(=O)O[C@H]1C(=O)[C@@]2(C)C([C@H](OC(=O)c3ccccc3)[C@]3(O)C[C@H](OC(=O)[C@H](OC(=O)[C@@H](N)CC(C)C)[C@@H](NC(=O)c4ccccc4)c4ccccc4)C(C)=C1C3(C)C)[C@]1(OC(C)=O)CO[C@@H]1C[C@@H]2O. The maximum Gasteiger partial charge on any atom is 0.350 e. The Morgan fingerprint density at radius 1 is 0.829 bits per heavy atom. The topological polar surface area (TPSA) is 253 Å². The summed E-state index contributed by atoms with van der Waals surface area (Å²) in [5, 5.41) is 29.0. The van der Waals surface area contributed by atoms with Gasteiger partial charge in [0.15, 0.2) is 17.5 Å². The van der Waals surface area contributed by atoms with Crippen LogP contribution in [0.2, 0.25) is 0 Å². The van der Waals surface area contributed by atoms with Crippen LogP contribution in [0, 0.1) is 22.7 Å². The van der Waals surface area contributed by atoms with Crippen molar-refractivity contribution >= 4 is 41.5 Å². The summed E-state index contributed by atoms with van der Waals surface area (Å²) >= 11 is 0. The minimum Gasteiger partial charge on any atom is -0.455 e. The lowest BCUT2D eigenvalue weighted by molar-refractivity contribution is -0.346. The highest BCUT2D eigenvalue weighted by Crippen LogP contribution is 2.64. The zero-order valence-corrected chi connectivity index (χ0v) is 40.5. The van der Waals surface area contributed by atoms with Crippen molar-refractivity contribution in [2.45, 2.75) is 135 Å². The lowest BCUT2D eigenvalue weighted by Crippen LogP contribution is -2.82. The average Bonchev–Trinajstić information content (AvgIpc) is 3.31. The van der Waals surface area contributed by atoms with Gasteiger partial charge in [-0.25, -0.2) is 9.59 Å². The molecule has 374 valence electrons. The lowest BCUT2D eigenvalue weighted by atomic mass is 9.44. The molecule has 1 unspecified atom stereocenters. The summed E-state index contributed by atoms with van der Waals surface area (Å²) in [6.07, 6.45) is -10.6. The first-order chi connectivity index (χ1) is 33.0. The minimum absolute atomic E-state index is 0.0371. The van der Waals surface area contributed by atoms with Gasteiger partial charge in [-0.2, -0.15) is 0 Å². The van der Waals surface area contributed by atoms with E-state index in [1.54, 1.807) is 92.7 Å². The number of ketones is 1. The van der Waals surface area contributed by atoms with Crippen LogP contribution < -0.4 is 11.1 Å². The average molecular weight is 967 g/mol. The van der Waals surface area contributed by atoms with Crippen molar-refractivity contribution in [2.75, 3.05) is 6.61 Å². The summed E-state index contributed by atoms with van der Waals surface area (Å²) < 4.78 is 36.8. The Morgan fingerprint density at radius 3 is 1.96 bits per heavy atom. The fourth-order valence-corrected chi connectivity index (χ4v) is 11.1. The monoisotopic (exact) mass is 966 g/mol. The predicted octanol–water partition coefficient (Wildman–Crippen LogP) is 4.66. The first-order valence-corrected chi connectivity index (χ1v) is 23.5. The van der Waals surface area contributed by atoms with E-state index in [0.717, 1.165) is 13.8 Å². The highest BCUT2D eigenvalue weighted by molar-refractivity contribution is 5.96. The fraction of sp³-hybridized carbons (Fsp3) is 0.491. The van der Waals surface area contributed by atoms with Gasteiger partial charge in [0.25, 0.3) is 5.91 Å². The summed E-state index contributed by atoms with van der Waals surface area (Å²) in [6, 6.07) is 21.6. The molecule has 12 atom stereocenters. The molecule has 1 amide bonds. The van der Waals surface area contributed by atoms with E-state index in [1.807, 2.05) is 13.8 Å². The molecule has 70 heavy (non-hydrogen) atoms. The van der Waals surface area contributed by atoms with E-state index in [2.05, 4.69) is 5.32 Å². The number of nitrogens with one attached hydrogen (secondary N) is 1. The molecule has 5 N–H and O–H groups in total. The Morgan fingerprint density at radius 2 is 1.41 bits per heavy atom. The Balaban J connectivity index is 1.43. The fourth-order valence-electron chi connectivity index (χ4n) is 11.1. The van der Waals surface area contributed by atoms with Gasteiger partial charge < -0.3 is 49.7 Å². The molecule has 4 aliphatic rings. The number of benzene rings is 3. The summed E-state index contributed by atoms with van der Waals surface area (Å²) in [5.74, 6) is -8.05. The number of amides is 1. The largest absolute Gasteiger partial charge is 0.455 e. The number of nitrogens with two attached hydrogens (primary N) is 1. The third kappa shape index (κ3) is 9.27. The van der Waals surface area contributed by atoms with Crippen LogP contribution in [-0.2, 0) is 52.4 Å². The maximum absolute atomic E-state index is 15.7. The molecule has 3 aromatic carbocycles. The summed E-state index contributed by atoms with van der Waals surface area (Å²) in [4.78, 5) is 99.6. The number of hydrogen-bond acceptors (Lipinski definition) is 16. The van der Waals surface area contributed by atoms with Gasteiger partial charge in [-0.15, -0.1) is 0 Å². The minimum atomic E-state index is -2.46. The van der Waals surface area contributed by atoms with Crippen molar-refractivity contribution in [3.05, 3.63) is 119 Å². The zero-order valence-electron chi connectivity index (χ0n) is 40.5. The van der Waals surface area contributed by atoms with Crippen LogP contribution in [0.15, 0.2) is 102 Å². The van der Waals surface area contributed by atoms with Crippen molar-refractivity contribution in [2.24, 2.45) is 28.4 Å². The van der Waals surface area contributed by atoms with Crippen LogP contribution in [0.5, 0.6) is 0 Å². The van der Waals surface area contributed by atoms with Crippen LogP contribution in [0.25, 0.3) is 0 Å². The van der Waals surface area contributed by atoms with Crippen LogP contribution in [0.3, 0.4) is 0 Å². The molecular weight excluding hydrogens is 905 g/mol. The summed E-state index contributed by atoms with van der Waals surface area (Å²) in [5.41, 5.74) is -1.07. The van der Waals surface area contributed by atoms with Gasteiger partial charge in [-0.3, -0.25) is 24.0 Å². The van der Waals surface area contributed by atoms with Gasteiger partial charge in [0.05, 0.1) is 29.6 Å². The molecule has 7 rings (SSSR count). The highest BCUT2D eigenvalue weighted by Gasteiger charge is 2.78. The number of esters is 5. The van der Waals surface area contributed by atoms with Crippen molar-refractivity contribution in [3.8, 4) is 0 Å². The van der Waals surface area contributed by atoms with Crippen LogP contribution in [0.4, 0.5) is 0 Å². The highest BCUT2D eigenvalue weighted by atomic mass is 16.6. The molecule has 1 aliphatic heterocycles. The number of aliphatic hydroxyl groups is 2. The standard InChI is InChI=1S/C53H62N2O15/c1-28(2)24-35(54)48(62)68-42(40(32-18-12-9-13-19-32)55-46(60)33-20-14-10-15-21-33)49(63)67-36-26-53(64)45(69-47(61)34-22-16-11-17-23-34)43-51(8,37(58)25-38-52(43,27-65-38)70-31(5)57)44(59)41(66-30(4)56)39(29(36)3)50(53,6)7/h9-23,28,35-38,40-43,45,58,64H,24-27,54H2,1-8H3,(H,55,60)/t35-,36-,37-,38+,40-,41+,42+,43?,45-,51+,52-,53+/m0/s1. The third-order valence-electron chi connectivity index (χ3n) is 14.7. The van der Waals surface area contributed by atoms with Gasteiger partial charge in [0, 0.05) is 37.7 Å². The second-order valence-corrected chi connectivity index (χ2v) is 20.0. The second kappa shape index (κ2) is 19.9. The molecule has 3 aromatic rings. The van der Waals surface area contributed by atoms with E-state index in [9.17, 15) is 34.2 Å². The lowest BCUT2D eigenvalue weighted by Gasteiger charge is -2.67. The van der Waals surface area contributed by atoms with Gasteiger partial charge in [-0.05, 0) is 67.2 Å². The van der Waals surface area contributed by atoms with Gasteiger partial charge >= 0.3 is 29.8 Å². The first kappa shape index (κ1) is 51.6. The van der Waals surface area contributed by atoms with E-state index in [4.69, 9.17) is 34.2 Å². The Hall–Kier alpha value is -6.27. The Kier molecular flexibility index (Phi) is 14.6. The van der Waals surface area contributed by atoms with Gasteiger partial charge in [0.2, 0.25) is 6.10 Å². The summed E-state index contributed by atoms with van der Waals surface area (Å²) in [6.45, 7) is 11.6.